The van der Waals surface area contributed by atoms with Crippen LogP contribution in [-0.4, -0.2) is 22.3 Å². The Kier molecular flexibility index (Phi) is 3.18. The molecule has 2 aromatic rings. The average Bonchev–Trinajstić information content (AvgIpc) is 2.90. The summed E-state index contributed by atoms with van der Waals surface area (Å²) in [7, 11) is 0. The lowest BCUT2D eigenvalue weighted by atomic mass is 9.99. The van der Waals surface area contributed by atoms with Gasteiger partial charge in [0, 0.05) is 23.2 Å². The monoisotopic (exact) mass is 274 g/mol. The largest absolute Gasteiger partial charge is 0.333 e. The van der Waals surface area contributed by atoms with Gasteiger partial charge in [0.15, 0.2) is 5.13 Å². The molecular formula is C13H14N4OS. The molecule has 0 atom stereocenters. The van der Waals surface area contributed by atoms with Crippen LogP contribution in [0, 0.1) is 0 Å². The number of thiazole rings is 1. The molecule has 0 saturated heterocycles. The maximum Gasteiger partial charge on any atom is 0.254 e. The van der Waals surface area contributed by atoms with Crippen molar-refractivity contribution in [2.45, 2.75) is 13.0 Å². The Labute approximate surface area is 115 Å². The van der Waals surface area contributed by atoms with Gasteiger partial charge in [0.25, 0.3) is 5.91 Å². The van der Waals surface area contributed by atoms with Gasteiger partial charge in [-0.1, -0.05) is 29.5 Å². The number of carbonyl (C=O) groups excluding carboxylic acids is 1. The van der Waals surface area contributed by atoms with E-state index < -0.39 is 0 Å². The Morgan fingerprint density at radius 2 is 2.26 bits per heavy atom. The van der Waals surface area contributed by atoms with E-state index in [0.717, 1.165) is 29.0 Å². The zero-order valence-corrected chi connectivity index (χ0v) is 11.1. The molecular weight excluding hydrogens is 260 g/mol. The molecule has 3 rings (SSSR count). The normalized spacial score (nSPS) is 14.4. The number of anilines is 1. The molecule has 2 heterocycles. The molecule has 1 aromatic carbocycles. The number of rotatable bonds is 3. The first kappa shape index (κ1) is 12.1. The van der Waals surface area contributed by atoms with Crippen LogP contribution in [0.25, 0.3) is 0 Å². The van der Waals surface area contributed by atoms with Crippen LogP contribution in [0.2, 0.25) is 0 Å². The third kappa shape index (κ3) is 2.32. The Morgan fingerprint density at radius 1 is 1.42 bits per heavy atom. The van der Waals surface area contributed by atoms with E-state index in [-0.39, 0.29) is 5.91 Å². The van der Waals surface area contributed by atoms with Gasteiger partial charge in [0.2, 0.25) is 0 Å². The molecule has 0 saturated carbocycles. The molecule has 19 heavy (non-hydrogen) atoms. The van der Waals surface area contributed by atoms with Gasteiger partial charge in [-0.25, -0.2) is 10.8 Å². The predicted molar refractivity (Wildman–Crippen MR) is 74.8 cm³/mol. The van der Waals surface area contributed by atoms with Gasteiger partial charge in [-0.2, -0.15) is 0 Å². The number of carbonyl (C=O) groups is 1. The molecule has 0 fully saturated rings. The summed E-state index contributed by atoms with van der Waals surface area (Å²) in [6, 6.07) is 7.80. The SMILES string of the molecule is NNc1ncc(CN2CCc3ccccc3C2=O)s1. The van der Waals surface area contributed by atoms with Gasteiger partial charge in [-0.15, -0.1) is 0 Å². The van der Waals surface area contributed by atoms with Crippen LogP contribution in [0.1, 0.15) is 20.8 Å². The van der Waals surface area contributed by atoms with E-state index in [4.69, 9.17) is 5.84 Å². The second-order valence-electron chi connectivity index (χ2n) is 4.41. The van der Waals surface area contributed by atoms with Crippen molar-refractivity contribution in [2.75, 3.05) is 12.0 Å². The number of nitrogens with zero attached hydrogens (tertiary/aromatic N) is 2. The van der Waals surface area contributed by atoms with Crippen molar-refractivity contribution in [3.63, 3.8) is 0 Å². The molecule has 6 heteroatoms. The first-order valence-electron chi connectivity index (χ1n) is 6.06. The van der Waals surface area contributed by atoms with Crippen molar-refractivity contribution in [3.05, 3.63) is 46.5 Å². The fraction of sp³-hybridized carbons (Fsp3) is 0.231. The number of benzene rings is 1. The minimum absolute atomic E-state index is 0.0949. The first-order valence-corrected chi connectivity index (χ1v) is 6.88. The number of hydrazine groups is 1. The maximum absolute atomic E-state index is 12.4. The van der Waals surface area contributed by atoms with Crippen molar-refractivity contribution >= 4 is 22.4 Å². The van der Waals surface area contributed by atoms with Crippen molar-refractivity contribution < 1.29 is 4.79 Å². The molecule has 1 aliphatic rings. The smallest absolute Gasteiger partial charge is 0.254 e. The predicted octanol–water partition coefficient (Wildman–Crippen LogP) is 1.63. The number of hydrogen-bond acceptors (Lipinski definition) is 5. The molecule has 0 radical (unpaired) electrons. The summed E-state index contributed by atoms with van der Waals surface area (Å²) >= 11 is 1.47. The van der Waals surface area contributed by atoms with Crippen molar-refractivity contribution in [2.24, 2.45) is 5.84 Å². The molecule has 3 N–H and O–H groups in total. The maximum atomic E-state index is 12.4. The summed E-state index contributed by atoms with van der Waals surface area (Å²) in [5.74, 6) is 5.40. The van der Waals surface area contributed by atoms with E-state index in [2.05, 4.69) is 10.4 Å². The number of aromatic nitrogens is 1. The van der Waals surface area contributed by atoms with Crippen molar-refractivity contribution in [1.29, 1.82) is 0 Å². The Hall–Kier alpha value is -1.92. The Bertz CT molecular complexity index is 610. The Morgan fingerprint density at radius 3 is 3.05 bits per heavy atom. The quantitative estimate of drug-likeness (QED) is 0.659. The van der Waals surface area contributed by atoms with E-state index in [1.54, 1.807) is 6.20 Å². The van der Waals surface area contributed by atoms with Gasteiger partial charge >= 0.3 is 0 Å². The zero-order chi connectivity index (χ0) is 13.2. The van der Waals surface area contributed by atoms with Gasteiger partial charge in [0.05, 0.1) is 6.54 Å². The third-order valence-corrected chi connectivity index (χ3v) is 4.12. The average molecular weight is 274 g/mol. The summed E-state index contributed by atoms with van der Waals surface area (Å²) < 4.78 is 0. The standard InChI is InChI=1S/C13H14N4OS/c14-16-13-15-7-10(19-13)8-17-6-5-9-3-1-2-4-11(9)12(17)18/h1-4,7H,5-6,8,14H2,(H,15,16). The summed E-state index contributed by atoms with van der Waals surface area (Å²) in [5, 5.41) is 0.667. The van der Waals surface area contributed by atoms with Crippen LogP contribution in [0.5, 0.6) is 0 Å². The number of nitrogens with two attached hydrogens (primary N) is 1. The van der Waals surface area contributed by atoms with Gasteiger partial charge in [0.1, 0.15) is 0 Å². The lowest BCUT2D eigenvalue weighted by molar-refractivity contribution is 0.0728. The summed E-state index contributed by atoms with van der Waals surface area (Å²) in [5.41, 5.74) is 4.47. The minimum atomic E-state index is 0.0949. The first-order chi connectivity index (χ1) is 9.28. The van der Waals surface area contributed by atoms with Crippen LogP contribution >= 0.6 is 11.3 Å². The van der Waals surface area contributed by atoms with Crippen molar-refractivity contribution in [1.82, 2.24) is 9.88 Å². The van der Waals surface area contributed by atoms with E-state index in [1.807, 2.05) is 29.2 Å². The topological polar surface area (TPSA) is 71.2 Å². The van der Waals surface area contributed by atoms with E-state index >= 15 is 0 Å². The van der Waals surface area contributed by atoms with Crippen molar-refractivity contribution in [3.8, 4) is 0 Å². The number of nitrogens with one attached hydrogen (secondary N) is 1. The van der Waals surface area contributed by atoms with Crippen LogP contribution in [-0.2, 0) is 13.0 Å². The second-order valence-corrected chi connectivity index (χ2v) is 5.53. The van der Waals surface area contributed by atoms with Crippen LogP contribution in [0.4, 0.5) is 5.13 Å². The fourth-order valence-electron chi connectivity index (χ4n) is 2.26. The third-order valence-electron chi connectivity index (χ3n) is 3.21. The van der Waals surface area contributed by atoms with E-state index in [9.17, 15) is 4.79 Å². The number of nitrogen functional groups attached to an aromatic ring is 1. The number of amides is 1. The molecule has 98 valence electrons. The highest BCUT2D eigenvalue weighted by molar-refractivity contribution is 7.15. The van der Waals surface area contributed by atoms with Gasteiger partial charge in [-0.05, 0) is 18.1 Å². The van der Waals surface area contributed by atoms with E-state index in [0.29, 0.717) is 11.7 Å². The summed E-state index contributed by atoms with van der Waals surface area (Å²) in [6.45, 7) is 1.34. The second kappa shape index (κ2) is 4.99. The minimum Gasteiger partial charge on any atom is -0.333 e. The molecule has 1 aliphatic heterocycles. The lowest BCUT2D eigenvalue weighted by Gasteiger charge is -2.27. The highest BCUT2D eigenvalue weighted by Gasteiger charge is 2.24. The molecule has 0 spiro atoms. The highest BCUT2D eigenvalue weighted by atomic mass is 32.1. The van der Waals surface area contributed by atoms with Gasteiger partial charge in [-0.3, -0.25) is 10.2 Å². The fourth-order valence-corrected chi connectivity index (χ4v) is 3.00. The van der Waals surface area contributed by atoms with Crippen LogP contribution < -0.4 is 11.3 Å². The summed E-state index contributed by atoms with van der Waals surface area (Å²) in [6.07, 6.45) is 2.66. The molecule has 0 aliphatic carbocycles. The Balaban J connectivity index is 1.79. The molecule has 1 aromatic heterocycles. The number of fused-ring (bicyclic) bond motifs is 1. The lowest BCUT2D eigenvalue weighted by Crippen LogP contribution is -2.36. The van der Waals surface area contributed by atoms with Gasteiger partial charge < -0.3 is 4.90 Å². The molecule has 5 nitrogen and oxygen atoms in total. The van der Waals surface area contributed by atoms with Crippen LogP contribution in [0.15, 0.2) is 30.5 Å². The molecule has 0 bridgehead atoms. The summed E-state index contributed by atoms with van der Waals surface area (Å²) in [4.78, 5) is 19.4. The number of hydrogen-bond donors (Lipinski definition) is 2. The van der Waals surface area contributed by atoms with Crippen LogP contribution in [0.3, 0.4) is 0 Å². The molecule has 1 amide bonds. The zero-order valence-electron chi connectivity index (χ0n) is 10.3. The highest BCUT2D eigenvalue weighted by Crippen LogP contribution is 2.23. The van der Waals surface area contributed by atoms with E-state index in [1.165, 1.54) is 11.3 Å². The molecule has 0 unspecified atom stereocenters.